The van der Waals surface area contributed by atoms with Gasteiger partial charge < -0.3 is 10.2 Å². The number of aromatic nitrogens is 2. The fraction of sp³-hybridized carbons (Fsp3) is 0.375. The number of carboxylic acids is 1. The van der Waals surface area contributed by atoms with Crippen molar-refractivity contribution >= 4 is 5.97 Å². The Hall–Kier alpha value is -1.56. The number of halogens is 1. The number of aliphatic carboxylic acids is 1. The van der Waals surface area contributed by atoms with Gasteiger partial charge in [0.2, 0.25) is 6.17 Å². The first kappa shape index (κ1) is 10.5. The zero-order valence-corrected chi connectivity index (χ0v) is 7.38. The molecule has 0 bridgehead atoms. The largest absolute Gasteiger partial charge is 0.479 e. The number of rotatable bonds is 3. The van der Waals surface area contributed by atoms with E-state index in [0.29, 0.717) is 0 Å². The smallest absolute Gasteiger partial charge is 0.341 e. The third-order valence-electron chi connectivity index (χ3n) is 1.79. The van der Waals surface area contributed by atoms with E-state index < -0.39 is 17.7 Å². The van der Waals surface area contributed by atoms with Crippen LogP contribution in [0.3, 0.4) is 0 Å². The van der Waals surface area contributed by atoms with Crippen LogP contribution in [0.5, 0.6) is 0 Å². The highest BCUT2D eigenvalue weighted by atomic mass is 19.1. The number of carboxylic acid groups (broad SMARTS) is 1. The summed E-state index contributed by atoms with van der Waals surface area (Å²) in [4.78, 5) is 17.6. The maximum atomic E-state index is 13.1. The summed E-state index contributed by atoms with van der Waals surface area (Å²) in [6.45, 7) is 1.04. The third kappa shape index (κ3) is 1.85. The molecule has 0 aliphatic heterocycles. The summed E-state index contributed by atoms with van der Waals surface area (Å²) in [6, 6.07) is 0. The minimum absolute atomic E-state index is 0.116. The molecule has 2 N–H and O–H groups in total. The summed E-state index contributed by atoms with van der Waals surface area (Å²) in [5.41, 5.74) is -2.28. The average Bonchev–Trinajstić information content (AvgIpc) is 2.18. The molecule has 0 aliphatic carbocycles. The van der Waals surface area contributed by atoms with Gasteiger partial charge in [0.1, 0.15) is 5.60 Å². The van der Waals surface area contributed by atoms with Crippen molar-refractivity contribution in [2.24, 2.45) is 0 Å². The van der Waals surface area contributed by atoms with E-state index in [0.717, 1.165) is 13.1 Å². The second kappa shape index (κ2) is 3.67. The summed E-state index contributed by atoms with van der Waals surface area (Å²) < 4.78 is 13.1. The van der Waals surface area contributed by atoms with Crippen molar-refractivity contribution in [3.05, 3.63) is 24.3 Å². The van der Waals surface area contributed by atoms with Crippen LogP contribution in [0.2, 0.25) is 0 Å². The lowest BCUT2D eigenvalue weighted by Gasteiger charge is -2.23. The van der Waals surface area contributed by atoms with Crippen LogP contribution >= 0.6 is 0 Å². The van der Waals surface area contributed by atoms with Crippen molar-refractivity contribution in [3.8, 4) is 0 Å². The van der Waals surface area contributed by atoms with Crippen LogP contribution in [0.1, 0.15) is 12.6 Å². The molecule has 0 fully saturated rings. The molecule has 0 saturated heterocycles. The van der Waals surface area contributed by atoms with E-state index in [2.05, 4.69) is 9.97 Å². The predicted molar refractivity (Wildman–Crippen MR) is 44.1 cm³/mol. The van der Waals surface area contributed by atoms with Gasteiger partial charge in [-0.2, -0.15) is 0 Å². The third-order valence-corrected chi connectivity index (χ3v) is 1.79. The number of hydrogen-bond acceptors (Lipinski definition) is 4. The maximum Gasteiger partial charge on any atom is 0.341 e. The lowest BCUT2D eigenvalue weighted by atomic mass is 9.97. The Morgan fingerprint density at radius 3 is 2.71 bits per heavy atom. The van der Waals surface area contributed by atoms with E-state index in [1.807, 2.05) is 0 Å². The predicted octanol–water partition coefficient (Wildman–Crippen LogP) is 0.107. The molecule has 76 valence electrons. The fourth-order valence-corrected chi connectivity index (χ4v) is 0.931. The van der Waals surface area contributed by atoms with Crippen LogP contribution in [-0.4, -0.2) is 32.3 Å². The van der Waals surface area contributed by atoms with Crippen molar-refractivity contribution in [2.45, 2.75) is 18.7 Å². The molecule has 5 nitrogen and oxygen atoms in total. The van der Waals surface area contributed by atoms with Gasteiger partial charge in [0.25, 0.3) is 0 Å². The highest BCUT2D eigenvalue weighted by Gasteiger charge is 2.40. The van der Waals surface area contributed by atoms with Crippen molar-refractivity contribution < 1.29 is 19.4 Å². The number of carbonyl (C=O) groups is 1. The molecule has 2 unspecified atom stereocenters. The quantitative estimate of drug-likeness (QED) is 0.723. The highest BCUT2D eigenvalue weighted by molar-refractivity contribution is 5.73. The summed E-state index contributed by atoms with van der Waals surface area (Å²) in [6.07, 6.45) is 1.28. The normalized spacial score (nSPS) is 17.1. The molecule has 0 aliphatic rings. The lowest BCUT2D eigenvalue weighted by Crippen LogP contribution is -2.39. The van der Waals surface area contributed by atoms with Crippen molar-refractivity contribution in [3.63, 3.8) is 0 Å². The molecule has 1 rings (SSSR count). The summed E-state index contributed by atoms with van der Waals surface area (Å²) >= 11 is 0. The maximum absolute atomic E-state index is 13.1. The van der Waals surface area contributed by atoms with Gasteiger partial charge in [-0.25, -0.2) is 9.18 Å². The van der Waals surface area contributed by atoms with Gasteiger partial charge >= 0.3 is 5.97 Å². The van der Waals surface area contributed by atoms with E-state index in [9.17, 15) is 14.3 Å². The van der Waals surface area contributed by atoms with E-state index in [1.54, 1.807) is 0 Å². The van der Waals surface area contributed by atoms with Crippen molar-refractivity contribution in [2.75, 3.05) is 0 Å². The van der Waals surface area contributed by atoms with Crippen LogP contribution in [0, 0.1) is 0 Å². The fourth-order valence-electron chi connectivity index (χ4n) is 0.931. The van der Waals surface area contributed by atoms with Gasteiger partial charge in [-0.1, -0.05) is 0 Å². The van der Waals surface area contributed by atoms with Gasteiger partial charge in [-0.05, 0) is 6.92 Å². The van der Waals surface area contributed by atoms with Crippen molar-refractivity contribution in [1.82, 2.24) is 9.97 Å². The second-order valence-corrected chi connectivity index (χ2v) is 2.94. The van der Waals surface area contributed by atoms with Crippen LogP contribution in [0.25, 0.3) is 0 Å². The van der Waals surface area contributed by atoms with Crippen LogP contribution in [0.4, 0.5) is 4.39 Å². The zero-order valence-electron chi connectivity index (χ0n) is 7.38. The Bertz CT molecular complexity index is 329. The number of alkyl halides is 1. The molecule has 1 aromatic heterocycles. The molecule has 6 heteroatoms. The summed E-state index contributed by atoms with van der Waals surface area (Å²) in [5, 5.41) is 18.0. The molecule has 1 aromatic rings. The first-order valence-electron chi connectivity index (χ1n) is 3.82. The van der Waals surface area contributed by atoms with Crippen LogP contribution in [-0.2, 0) is 10.4 Å². The molecule has 0 spiro atoms. The first-order valence-corrected chi connectivity index (χ1v) is 3.82. The van der Waals surface area contributed by atoms with E-state index in [4.69, 9.17) is 5.11 Å². The van der Waals surface area contributed by atoms with Gasteiger partial charge in [0, 0.05) is 12.4 Å². The average molecular weight is 200 g/mol. The standard InChI is InChI=1S/C8H9FN2O3/c1-8(14,6(9)7(12)13)5-4-10-2-3-11-5/h2-4,6,14H,1H3,(H,12,13). The van der Waals surface area contributed by atoms with Gasteiger partial charge in [0.05, 0.1) is 11.9 Å². The molecule has 0 saturated carbocycles. The lowest BCUT2D eigenvalue weighted by molar-refractivity contribution is -0.154. The monoisotopic (exact) mass is 200 g/mol. The Labute approximate surface area is 79.2 Å². The first-order chi connectivity index (χ1) is 6.46. The summed E-state index contributed by atoms with van der Waals surface area (Å²) in [5.74, 6) is -1.74. The Balaban J connectivity index is 3.02. The molecule has 14 heavy (non-hydrogen) atoms. The number of nitrogens with zero attached hydrogens (tertiary/aromatic N) is 2. The molecular weight excluding hydrogens is 191 g/mol. The highest BCUT2D eigenvalue weighted by Crippen LogP contribution is 2.24. The van der Waals surface area contributed by atoms with Gasteiger partial charge in [0.15, 0.2) is 0 Å². The van der Waals surface area contributed by atoms with Crippen LogP contribution < -0.4 is 0 Å². The molecule has 1 heterocycles. The van der Waals surface area contributed by atoms with Crippen LogP contribution in [0.15, 0.2) is 18.6 Å². The molecular formula is C8H9FN2O3. The Morgan fingerprint density at radius 1 is 1.64 bits per heavy atom. The van der Waals surface area contributed by atoms with Gasteiger partial charge in [-0.3, -0.25) is 9.97 Å². The minimum Gasteiger partial charge on any atom is -0.479 e. The topological polar surface area (TPSA) is 83.3 Å². The second-order valence-electron chi connectivity index (χ2n) is 2.94. The zero-order chi connectivity index (χ0) is 10.8. The SMILES string of the molecule is CC(O)(c1cnccn1)C(F)C(=O)O. The van der Waals surface area contributed by atoms with Gasteiger partial charge in [-0.15, -0.1) is 0 Å². The van der Waals surface area contributed by atoms with E-state index >= 15 is 0 Å². The Kier molecular flexibility index (Phi) is 2.76. The molecule has 2 atom stereocenters. The van der Waals surface area contributed by atoms with Crippen molar-refractivity contribution in [1.29, 1.82) is 0 Å². The van der Waals surface area contributed by atoms with E-state index in [1.165, 1.54) is 12.4 Å². The number of aliphatic hydroxyl groups is 1. The number of hydrogen-bond donors (Lipinski definition) is 2. The molecule has 0 radical (unpaired) electrons. The minimum atomic E-state index is -2.43. The van der Waals surface area contributed by atoms with E-state index in [-0.39, 0.29) is 5.69 Å². The summed E-state index contributed by atoms with van der Waals surface area (Å²) in [7, 11) is 0. The molecule has 0 amide bonds. The molecule has 0 aromatic carbocycles. The Morgan fingerprint density at radius 2 is 2.29 bits per heavy atom.